The van der Waals surface area contributed by atoms with E-state index in [1.807, 2.05) is 52.0 Å². The van der Waals surface area contributed by atoms with Crippen molar-refractivity contribution in [3.05, 3.63) is 104 Å². The number of hydrogen-bond acceptors (Lipinski definition) is 13. The first kappa shape index (κ1) is 69.4. The Morgan fingerprint density at radius 2 is 1.40 bits per heavy atom. The van der Waals surface area contributed by atoms with Gasteiger partial charge in [-0.2, -0.15) is 8.78 Å². The van der Waals surface area contributed by atoms with E-state index >= 15 is 0 Å². The molecule has 0 aliphatic carbocycles. The maximum absolute atomic E-state index is 14.7. The van der Waals surface area contributed by atoms with E-state index in [1.165, 1.54) is 26.8 Å². The molecule has 7 rings (SSSR count). The molecule has 26 heteroatoms. The molecule has 88 heavy (non-hydrogen) atoms. The summed E-state index contributed by atoms with van der Waals surface area (Å²) in [6.07, 6.45) is 4.35. The quantitative estimate of drug-likeness (QED) is 0.0201. The van der Waals surface area contributed by atoms with Crippen LogP contribution in [-0.2, 0) is 50.3 Å². The summed E-state index contributed by atoms with van der Waals surface area (Å²) in [6.45, 7) is 12.9. The molecule has 20 nitrogen and oxygen atoms in total. The predicted molar refractivity (Wildman–Crippen MR) is 337 cm³/mol. The number of hydrogen-bond donors (Lipinski definition) is 7. The summed E-state index contributed by atoms with van der Waals surface area (Å²) in [5, 5.41) is 22.3. The summed E-state index contributed by atoms with van der Waals surface area (Å²) in [7, 11) is -4.28. The molecule has 3 aromatic carbocycles. The molecule has 0 bridgehead atoms. The molecule has 0 unspecified atom stereocenters. The highest BCUT2D eigenvalue weighted by molar-refractivity contribution is 9.10. The topological polar surface area (TPSA) is 277 Å². The molecule has 2 aliphatic heterocycles. The third kappa shape index (κ3) is 17.9. The Balaban J connectivity index is 0.834. The summed E-state index contributed by atoms with van der Waals surface area (Å²) in [5.41, 5.74) is -1.79. The highest BCUT2D eigenvalue weighted by Gasteiger charge is 2.51. The van der Waals surface area contributed by atoms with Crippen molar-refractivity contribution in [3.8, 4) is 10.4 Å². The van der Waals surface area contributed by atoms with Crippen molar-refractivity contribution in [2.75, 3.05) is 38.2 Å². The molecule has 6 atom stereocenters. The van der Waals surface area contributed by atoms with E-state index in [0.717, 1.165) is 81.7 Å². The number of thiazole rings is 1. The molecule has 478 valence electrons. The SMILES string of the molecule is Cc1ncsc1-c1ccc(CNC(=O)[C@@H]2C[C@@H](O)CN2C(=O)[C@@H](NC(=O)CCCCCCCCCNC(=O)CO[C@@H]2C[C@@H](C(=O)N(C)c3ccc(Br)cc3)N(C(=O)[C@@H](NC(=O)c3cc4cc(C(F)(F)P(=O)(O)O)ccc4s3)C(C)(C)C)C2)C(C)(C)C)cc1. The zero-order chi connectivity index (χ0) is 64.5. The van der Waals surface area contributed by atoms with E-state index in [1.54, 1.807) is 68.9 Å². The summed E-state index contributed by atoms with van der Waals surface area (Å²) < 4.78 is 48.0. The fourth-order valence-electron chi connectivity index (χ4n) is 10.7. The standard InChI is InChI=1S/C62H80BrF2N8O12PS2/c1-37-52(87-36-68-37)39-19-17-38(18-20-39)32-67-55(77)46-30-44(74)33-72(46)58(80)53(60(2,3)4)69-50(75)16-14-12-10-9-11-13-15-27-66-51(76)35-85-45-31-47(57(79)71(8)43-24-22-42(63)23-25-43)73(34-45)59(81)54(61(5,6)7)70-56(78)49-29-40-28-41(21-26-48(40)88-49)62(64,65)86(82,83)84/h17-26,28-29,36,44-47,53-54,74H,9-16,27,30-35H2,1-8H3,(H,66,76)(H,67,77)(H,69,75)(H,70,78)(H2,82,83,84)/t44-,45-,46+,47+,53-,54-/m1/s1. The van der Waals surface area contributed by atoms with Crippen molar-refractivity contribution < 1.29 is 66.5 Å². The van der Waals surface area contributed by atoms with E-state index in [2.05, 4.69) is 42.2 Å². The van der Waals surface area contributed by atoms with Gasteiger partial charge in [0.15, 0.2) is 0 Å². The number of β-amino-alcohol motifs (C(OH)–C–C–N with tert-alkyl or cyclic N) is 1. The predicted octanol–water partition coefficient (Wildman–Crippen LogP) is 9.16. The molecule has 2 fully saturated rings. The average molecular weight is 1340 g/mol. The number of fused-ring (bicyclic) bond motifs is 1. The number of carbonyl (C=O) groups is 7. The van der Waals surface area contributed by atoms with Gasteiger partial charge in [-0.3, -0.25) is 38.1 Å². The lowest BCUT2D eigenvalue weighted by Gasteiger charge is -2.36. The van der Waals surface area contributed by atoms with Gasteiger partial charge in [-0.25, -0.2) is 4.98 Å². The number of amides is 7. The van der Waals surface area contributed by atoms with Crippen molar-refractivity contribution in [1.29, 1.82) is 0 Å². The number of alkyl halides is 2. The zero-order valence-electron chi connectivity index (χ0n) is 50.8. The number of likely N-dealkylation sites (tertiary alicyclic amines) is 2. The van der Waals surface area contributed by atoms with Crippen LogP contribution in [0.15, 0.2) is 82.8 Å². The van der Waals surface area contributed by atoms with Crippen LogP contribution in [-0.4, -0.2) is 141 Å². The summed E-state index contributed by atoms with van der Waals surface area (Å²) >= 11 is 5.90. The summed E-state index contributed by atoms with van der Waals surface area (Å²) in [4.78, 5) is 125. The number of thiophene rings is 1. The largest absolute Gasteiger partial charge is 0.399 e. The number of halogens is 3. The monoisotopic (exact) mass is 1340 g/mol. The maximum atomic E-state index is 14.7. The van der Waals surface area contributed by atoms with E-state index in [-0.39, 0.29) is 73.5 Å². The van der Waals surface area contributed by atoms with Gasteiger partial charge in [0.2, 0.25) is 35.4 Å². The third-order valence-corrected chi connectivity index (χ3v) is 19.4. The van der Waals surface area contributed by atoms with Crippen molar-refractivity contribution in [2.24, 2.45) is 10.8 Å². The smallest absolute Gasteiger partial charge is 0.391 e. The van der Waals surface area contributed by atoms with Crippen LogP contribution >= 0.6 is 46.2 Å². The molecule has 0 saturated carbocycles. The molecule has 2 saturated heterocycles. The highest BCUT2D eigenvalue weighted by Crippen LogP contribution is 2.59. The second-order valence-electron chi connectivity index (χ2n) is 24.8. The third-order valence-electron chi connectivity index (χ3n) is 15.8. The van der Waals surface area contributed by atoms with Gasteiger partial charge in [0.1, 0.15) is 30.8 Å². The Morgan fingerprint density at radius 1 is 0.784 bits per heavy atom. The van der Waals surface area contributed by atoms with Crippen LogP contribution in [0.3, 0.4) is 0 Å². The van der Waals surface area contributed by atoms with Crippen LogP contribution in [0.4, 0.5) is 14.5 Å². The number of unbranched alkanes of at least 4 members (excludes halogenated alkanes) is 6. The van der Waals surface area contributed by atoms with Gasteiger partial charge in [0.25, 0.3) is 5.91 Å². The van der Waals surface area contributed by atoms with Crippen LogP contribution in [0.2, 0.25) is 0 Å². The number of rotatable bonds is 26. The first-order valence-corrected chi connectivity index (χ1v) is 33.5. The minimum Gasteiger partial charge on any atom is -0.391 e. The number of aliphatic hydroxyl groups excluding tert-OH is 1. The fraction of sp³-hybridized carbons (Fsp3) is 0.516. The van der Waals surface area contributed by atoms with Crippen LogP contribution in [0.25, 0.3) is 20.5 Å². The van der Waals surface area contributed by atoms with Gasteiger partial charge in [0.05, 0.1) is 33.2 Å². The number of carbonyl (C=O) groups excluding carboxylic acids is 7. The molecule has 7 amide bonds. The Bertz CT molecular complexity index is 3350. The lowest BCUT2D eigenvalue weighted by Crippen LogP contribution is -2.57. The molecule has 0 radical (unpaired) electrons. The van der Waals surface area contributed by atoms with E-state index in [9.17, 15) is 61.8 Å². The molecule has 0 spiro atoms. The average Bonchev–Trinajstić information content (AvgIpc) is 1.76. The van der Waals surface area contributed by atoms with Crippen LogP contribution in [0, 0.1) is 17.8 Å². The number of benzene rings is 3. The Kier molecular flexibility index (Phi) is 23.4. The summed E-state index contributed by atoms with van der Waals surface area (Å²) in [6, 6.07) is 15.1. The van der Waals surface area contributed by atoms with Crippen LogP contribution in [0.5, 0.6) is 0 Å². The second-order valence-corrected chi connectivity index (χ2v) is 29.3. The molecular weight excluding hydrogens is 1260 g/mol. The maximum Gasteiger partial charge on any atom is 0.399 e. The number of anilines is 1. The van der Waals surface area contributed by atoms with Crippen molar-refractivity contribution in [2.45, 2.75) is 161 Å². The lowest BCUT2D eigenvalue weighted by atomic mass is 9.85. The Labute approximate surface area is 528 Å². The number of nitrogens with zero attached hydrogens (tertiary/aromatic N) is 4. The zero-order valence-corrected chi connectivity index (χ0v) is 54.9. The second kappa shape index (κ2) is 29.7. The number of aromatic nitrogens is 1. The fourth-order valence-corrected chi connectivity index (χ4v) is 13.2. The molecule has 2 aromatic heterocycles. The minimum atomic E-state index is -5.86. The van der Waals surface area contributed by atoms with Crippen LogP contribution in [0.1, 0.15) is 132 Å². The minimum absolute atomic E-state index is 0.0198. The molecule has 5 aromatic rings. The Hall–Kier alpha value is -6.05. The van der Waals surface area contributed by atoms with Gasteiger partial charge >= 0.3 is 13.3 Å². The van der Waals surface area contributed by atoms with Crippen molar-refractivity contribution >= 4 is 103 Å². The molecule has 4 heterocycles. The Morgan fingerprint density at radius 3 is 2.01 bits per heavy atom. The number of aryl methyl sites for hydroxylation is 1. The van der Waals surface area contributed by atoms with E-state index in [4.69, 9.17) is 4.74 Å². The number of ether oxygens (including phenoxy) is 1. The van der Waals surface area contributed by atoms with Crippen molar-refractivity contribution in [3.63, 3.8) is 0 Å². The normalized spacial score (nSPS) is 18.0. The van der Waals surface area contributed by atoms with Gasteiger partial charge in [-0.15, -0.1) is 22.7 Å². The summed E-state index contributed by atoms with van der Waals surface area (Å²) in [5.74, 6) is -3.19. The number of aliphatic hydroxyl groups is 1. The van der Waals surface area contributed by atoms with E-state index in [0.29, 0.717) is 29.8 Å². The number of nitrogens with one attached hydrogen (secondary N) is 4. The van der Waals surface area contributed by atoms with Crippen LogP contribution < -0.4 is 26.2 Å². The van der Waals surface area contributed by atoms with Gasteiger partial charge < -0.3 is 55.6 Å². The van der Waals surface area contributed by atoms with Gasteiger partial charge in [-0.05, 0) is 89.6 Å². The number of likely N-dealkylation sites (N-methyl/N-ethyl adjacent to an activating group) is 1. The molecule has 7 N–H and O–H groups in total. The van der Waals surface area contributed by atoms with Gasteiger partial charge in [0, 0.05) is 72.9 Å². The molecule has 2 aliphatic rings. The van der Waals surface area contributed by atoms with Crippen molar-refractivity contribution in [1.82, 2.24) is 36.1 Å². The van der Waals surface area contributed by atoms with Gasteiger partial charge in [-0.1, -0.05) is 120 Å². The first-order chi connectivity index (χ1) is 41.3. The molecular formula is C62H80BrF2N8O12PS2. The van der Waals surface area contributed by atoms with E-state index < -0.39 is 89.7 Å². The lowest BCUT2D eigenvalue weighted by molar-refractivity contribution is -0.144. The first-order valence-electron chi connectivity index (χ1n) is 29.4. The highest BCUT2D eigenvalue weighted by atomic mass is 79.9.